The number of hydrogen-bond acceptors (Lipinski definition) is 4. The van der Waals surface area contributed by atoms with Crippen LogP contribution in [0.2, 0.25) is 0 Å². The minimum atomic E-state index is -0.742. The van der Waals surface area contributed by atoms with Crippen LogP contribution in [0.25, 0.3) is 0 Å². The fourth-order valence-corrected chi connectivity index (χ4v) is 3.02. The molecule has 1 aromatic rings. The minimum Gasteiger partial charge on any atom is -0.481 e. The number of aliphatic carboxylic acids is 1. The molecule has 2 unspecified atom stereocenters. The van der Waals surface area contributed by atoms with Gasteiger partial charge in [0.2, 0.25) is 0 Å². The number of carboxylic acid groups (broad SMARTS) is 1. The number of carbonyl (C=O) groups is 1. The van der Waals surface area contributed by atoms with Crippen molar-refractivity contribution >= 4 is 17.3 Å². The van der Waals surface area contributed by atoms with Crippen molar-refractivity contribution in [3.63, 3.8) is 0 Å². The molecule has 2 rings (SSSR count). The molecule has 4 nitrogen and oxygen atoms in total. The van der Waals surface area contributed by atoms with Crippen LogP contribution < -0.4 is 5.32 Å². The zero-order valence-electron chi connectivity index (χ0n) is 9.27. The number of nitrogens with zero attached hydrogens (tertiary/aromatic N) is 1. The van der Waals surface area contributed by atoms with Gasteiger partial charge in [-0.1, -0.05) is 6.92 Å². The summed E-state index contributed by atoms with van der Waals surface area (Å²) in [6, 6.07) is 0.388. The van der Waals surface area contributed by atoms with Crippen LogP contribution >= 0.6 is 11.3 Å². The highest BCUT2D eigenvalue weighted by molar-refractivity contribution is 7.11. The van der Waals surface area contributed by atoms with Crippen LogP contribution in [-0.4, -0.2) is 22.6 Å². The molecule has 0 saturated carbocycles. The van der Waals surface area contributed by atoms with Gasteiger partial charge in [0.15, 0.2) is 0 Å². The average molecular weight is 240 g/mol. The van der Waals surface area contributed by atoms with Crippen molar-refractivity contribution in [1.29, 1.82) is 0 Å². The summed E-state index contributed by atoms with van der Waals surface area (Å²) >= 11 is 1.64. The molecule has 0 bridgehead atoms. The van der Waals surface area contributed by atoms with Crippen molar-refractivity contribution in [1.82, 2.24) is 10.3 Å². The zero-order valence-corrected chi connectivity index (χ0v) is 10.1. The van der Waals surface area contributed by atoms with Crippen LogP contribution in [0.15, 0.2) is 6.20 Å². The smallest absolute Gasteiger partial charge is 0.306 e. The normalized spacial score (nSPS) is 22.2. The minimum absolute atomic E-state index is 0.329. The molecule has 0 amide bonds. The molecular weight excluding hydrogens is 224 g/mol. The molecule has 1 aromatic heterocycles. The van der Waals surface area contributed by atoms with Crippen molar-refractivity contribution in [2.75, 3.05) is 6.54 Å². The number of aromatic nitrogens is 1. The predicted octanol–water partition coefficient (Wildman–Crippen LogP) is 1.83. The van der Waals surface area contributed by atoms with E-state index in [-0.39, 0.29) is 5.92 Å². The van der Waals surface area contributed by atoms with Crippen LogP contribution in [-0.2, 0) is 11.2 Å². The molecule has 2 heterocycles. The SMILES string of the molecule is CC(Cc1cnc(C2CCCN2)s1)C(=O)O. The molecule has 0 radical (unpaired) electrons. The largest absolute Gasteiger partial charge is 0.481 e. The Labute approximate surface area is 98.7 Å². The van der Waals surface area contributed by atoms with Gasteiger partial charge in [0, 0.05) is 11.1 Å². The summed E-state index contributed by atoms with van der Waals surface area (Å²) in [5, 5.41) is 13.3. The summed E-state index contributed by atoms with van der Waals surface area (Å²) in [5.74, 6) is -1.07. The maximum Gasteiger partial charge on any atom is 0.306 e. The first-order valence-electron chi connectivity index (χ1n) is 5.57. The fraction of sp³-hybridized carbons (Fsp3) is 0.636. The maximum absolute atomic E-state index is 10.7. The molecular formula is C11H16N2O2S. The lowest BCUT2D eigenvalue weighted by molar-refractivity contribution is -0.141. The van der Waals surface area contributed by atoms with E-state index in [1.807, 2.05) is 6.20 Å². The lowest BCUT2D eigenvalue weighted by Gasteiger charge is -2.05. The average Bonchev–Trinajstić information content (AvgIpc) is 2.85. The van der Waals surface area contributed by atoms with E-state index >= 15 is 0 Å². The highest BCUT2D eigenvalue weighted by Crippen LogP contribution is 2.27. The molecule has 5 heteroatoms. The maximum atomic E-state index is 10.7. The molecule has 88 valence electrons. The van der Waals surface area contributed by atoms with Crippen molar-refractivity contribution < 1.29 is 9.90 Å². The molecule has 0 aromatic carbocycles. The molecule has 1 saturated heterocycles. The van der Waals surface area contributed by atoms with Crippen LogP contribution in [0.5, 0.6) is 0 Å². The van der Waals surface area contributed by atoms with Gasteiger partial charge in [-0.25, -0.2) is 4.98 Å². The van der Waals surface area contributed by atoms with Crippen LogP contribution in [0.3, 0.4) is 0 Å². The third kappa shape index (κ3) is 2.59. The van der Waals surface area contributed by atoms with Gasteiger partial charge in [0.05, 0.1) is 12.0 Å². The molecule has 1 aliphatic heterocycles. The Morgan fingerprint density at radius 1 is 1.81 bits per heavy atom. The second kappa shape index (κ2) is 4.93. The topological polar surface area (TPSA) is 62.2 Å². The van der Waals surface area contributed by atoms with Gasteiger partial charge in [-0.2, -0.15) is 0 Å². The highest BCUT2D eigenvalue weighted by atomic mass is 32.1. The number of thiazole rings is 1. The van der Waals surface area contributed by atoms with Crippen molar-refractivity contribution in [3.8, 4) is 0 Å². The quantitative estimate of drug-likeness (QED) is 0.843. The van der Waals surface area contributed by atoms with Crippen molar-refractivity contribution in [3.05, 3.63) is 16.1 Å². The molecule has 2 N–H and O–H groups in total. The van der Waals surface area contributed by atoms with Gasteiger partial charge < -0.3 is 10.4 Å². The first-order valence-corrected chi connectivity index (χ1v) is 6.39. The first-order chi connectivity index (χ1) is 7.66. The van der Waals surface area contributed by atoms with E-state index in [9.17, 15) is 4.79 Å². The molecule has 1 fully saturated rings. The van der Waals surface area contributed by atoms with Crippen molar-refractivity contribution in [2.45, 2.75) is 32.2 Å². The van der Waals surface area contributed by atoms with E-state index in [2.05, 4.69) is 10.3 Å². The van der Waals surface area contributed by atoms with Gasteiger partial charge >= 0.3 is 5.97 Å². The van der Waals surface area contributed by atoms with Crippen molar-refractivity contribution in [2.24, 2.45) is 5.92 Å². The van der Waals surface area contributed by atoms with E-state index < -0.39 is 5.97 Å². The molecule has 0 spiro atoms. The second-order valence-electron chi connectivity index (χ2n) is 4.26. The van der Waals surface area contributed by atoms with E-state index in [4.69, 9.17) is 5.11 Å². The van der Waals surface area contributed by atoms with Gasteiger partial charge in [-0.3, -0.25) is 4.79 Å². The number of rotatable bonds is 4. The Bertz CT molecular complexity index is 372. The van der Waals surface area contributed by atoms with Crippen LogP contribution in [0, 0.1) is 5.92 Å². The first kappa shape index (κ1) is 11.5. The highest BCUT2D eigenvalue weighted by Gasteiger charge is 2.20. The van der Waals surface area contributed by atoms with E-state index in [0.717, 1.165) is 22.9 Å². The molecule has 16 heavy (non-hydrogen) atoms. The van der Waals surface area contributed by atoms with Gasteiger partial charge in [-0.05, 0) is 25.8 Å². The zero-order chi connectivity index (χ0) is 11.5. The Kier molecular flexibility index (Phi) is 3.56. The summed E-state index contributed by atoms with van der Waals surface area (Å²) in [7, 11) is 0. The lowest BCUT2D eigenvalue weighted by atomic mass is 10.1. The van der Waals surface area contributed by atoms with Crippen LogP contribution in [0.1, 0.15) is 35.7 Å². The van der Waals surface area contributed by atoms with Gasteiger partial charge in [0.1, 0.15) is 5.01 Å². The third-order valence-corrected chi connectivity index (χ3v) is 3.99. The number of carboxylic acids is 1. The summed E-state index contributed by atoms with van der Waals surface area (Å²) in [6.07, 6.45) is 4.74. The molecule has 1 aliphatic rings. The Morgan fingerprint density at radius 3 is 3.25 bits per heavy atom. The summed E-state index contributed by atoms with van der Waals surface area (Å²) in [4.78, 5) is 16.2. The summed E-state index contributed by atoms with van der Waals surface area (Å²) in [6.45, 7) is 2.79. The Morgan fingerprint density at radius 2 is 2.62 bits per heavy atom. The van der Waals surface area contributed by atoms with Gasteiger partial charge in [-0.15, -0.1) is 11.3 Å². The van der Waals surface area contributed by atoms with E-state index in [1.165, 1.54) is 6.42 Å². The summed E-state index contributed by atoms with van der Waals surface area (Å²) in [5.41, 5.74) is 0. The van der Waals surface area contributed by atoms with E-state index in [0.29, 0.717) is 12.5 Å². The van der Waals surface area contributed by atoms with E-state index in [1.54, 1.807) is 18.3 Å². The summed E-state index contributed by atoms with van der Waals surface area (Å²) < 4.78 is 0. The number of nitrogens with one attached hydrogen (secondary N) is 1. The lowest BCUT2D eigenvalue weighted by Crippen LogP contribution is -2.12. The Hall–Kier alpha value is -0.940. The van der Waals surface area contributed by atoms with Crippen LogP contribution in [0.4, 0.5) is 0 Å². The fourth-order valence-electron chi connectivity index (χ4n) is 1.86. The molecule has 0 aliphatic carbocycles. The molecule has 2 atom stereocenters. The monoisotopic (exact) mass is 240 g/mol. The van der Waals surface area contributed by atoms with Gasteiger partial charge in [0.25, 0.3) is 0 Å². The Balaban J connectivity index is 1.99. The third-order valence-electron chi connectivity index (χ3n) is 2.86. The predicted molar refractivity (Wildman–Crippen MR) is 62.6 cm³/mol. The number of hydrogen-bond donors (Lipinski definition) is 2. The second-order valence-corrected chi connectivity index (χ2v) is 5.40. The standard InChI is InChI=1S/C11H16N2O2S/c1-7(11(14)15)5-8-6-13-10(16-8)9-3-2-4-12-9/h6-7,9,12H,2-5H2,1H3,(H,14,15).